The van der Waals surface area contributed by atoms with E-state index < -0.39 is 57.7 Å². The molecule has 5 aromatic heterocycles. The van der Waals surface area contributed by atoms with E-state index in [0.29, 0.717) is 111 Å². The largest absolute Gasteiger partial charge is 0.416 e. The molecule has 6 saturated carbocycles. The second kappa shape index (κ2) is 38.5. The number of aromatic nitrogens is 10. The molecule has 0 bridgehead atoms. The molecule has 1 unspecified atom stereocenters. The Morgan fingerprint density at radius 2 is 0.797 bits per heavy atom. The van der Waals surface area contributed by atoms with Gasteiger partial charge in [-0.05, 0) is 218 Å². The standard InChI is InChI=1S/C22H21FN4O2.C21H28F3N3O2.C21H28FN3O2.C19H27FN4O.C17H21F2N3O/c1-22(29,16-7-2-3-8-17(16)23)12-20(28)26-21-25-18-10-9-14(13-24)11-19(18)27(21)15-5-4-6-15;1-19(2,3)11-17(28)26-18-25-15-9-13(20(4,5)29)14(21(22,23)24)10-16(15)27(18)12-7-6-8-12;1-20(2,3)12-16(26)24-19-23-15-9-8-14(21(27)10-5-11-21)17(22)18(15)25(19)13-6-4-7-13;1-19(2,3)11-15(25)22-18-21-13-9-10-14(23(4)5)16(20)17(13)24(18)12-7-6-8-12;1-17(2,3)9-14(23)21-16-20-13-8-10(18)7-12(19)15(13)22(16)11-5-4-6-11/h2-3,7-11,15,29H,4-6,12H2,1H3,(H,25,26,28);9-10,12,29H,6-8,11H2,1-5H3,(H,25,26,28);8-9,13,27H,4-7,10-12H2,1-3H3,(H,23,24,26);9-10,12H,6-8,11H2,1-5H3,(H,21,22,25);7-8,11H,4-6,9H2,1-3H3,(H,20,21,23). The van der Waals surface area contributed by atoms with Gasteiger partial charge >= 0.3 is 6.18 Å². The minimum absolute atomic E-state index is 0.000919. The molecule has 6 fully saturated rings. The summed E-state index contributed by atoms with van der Waals surface area (Å²) in [5.41, 5.74) is -0.0389. The Morgan fingerprint density at radius 3 is 1.19 bits per heavy atom. The Morgan fingerprint density at radius 1 is 0.421 bits per heavy atom. The van der Waals surface area contributed by atoms with Crippen LogP contribution in [0.25, 0.3) is 55.2 Å². The number of nitriles is 1. The Labute approximate surface area is 769 Å². The number of hydrogen-bond donors (Lipinski definition) is 8. The van der Waals surface area contributed by atoms with E-state index in [2.05, 4.69) is 57.6 Å². The number of aliphatic hydroxyl groups is 3. The van der Waals surface area contributed by atoms with Gasteiger partial charge in [-0.25, -0.2) is 46.9 Å². The Bertz CT molecular complexity index is 6230. The smallest absolute Gasteiger partial charge is 0.386 e. The number of benzene rings is 6. The van der Waals surface area contributed by atoms with E-state index in [1.807, 2.05) is 117 Å². The van der Waals surface area contributed by atoms with E-state index in [-0.39, 0.29) is 122 Å². The fourth-order valence-corrected chi connectivity index (χ4v) is 17.5. The fourth-order valence-electron chi connectivity index (χ4n) is 17.5. The summed E-state index contributed by atoms with van der Waals surface area (Å²) in [6.07, 6.45) is 13.1. The maximum absolute atomic E-state index is 15.5. The first-order valence-electron chi connectivity index (χ1n) is 46.1. The van der Waals surface area contributed by atoms with Gasteiger partial charge in [0, 0.05) is 93.2 Å². The van der Waals surface area contributed by atoms with Crippen LogP contribution in [0.5, 0.6) is 0 Å². The quantitative estimate of drug-likeness (QED) is 0.0329. The summed E-state index contributed by atoms with van der Waals surface area (Å²) in [7, 11) is 3.64. The molecule has 0 aliphatic heterocycles. The average molecular weight is 1850 g/mol. The number of rotatable bonds is 20. The Balaban J connectivity index is 0.000000141. The molecule has 33 heteroatoms. The van der Waals surface area contributed by atoms with Gasteiger partial charge < -0.3 is 43.1 Å². The second-order valence-corrected chi connectivity index (χ2v) is 42.4. The zero-order valence-corrected chi connectivity index (χ0v) is 79.1. The molecule has 5 heterocycles. The lowest BCUT2D eigenvalue weighted by Gasteiger charge is -2.37. The van der Waals surface area contributed by atoms with Crippen molar-refractivity contribution in [2.45, 2.75) is 305 Å². The van der Waals surface area contributed by atoms with E-state index in [1.165, 1.54) is 51.1 Å². The van der Waals surface area contributed by atoms with Gasteiger partial charge in [-0.2, -0.15) is 18.4 Å². The van der Waals surface area contributed by atoms with Gasteiger partial charge in [0.15, 0.2) is 17.5 Å². The molecule has 25 nitrogen and oxygen atoms in total. The van der Waals surface area contributed by atoms with Crippen molar-refractivity contribution in [1.29, 1.82) is 5.26 Å². The third-order valence-corrected chi connectivity index (χ3v) is 25.2. The van der Waals surface area contributed by atoms with Crippen LogP contribution in [-0.2, 0) is 47.0 Å². The molecular formula is C100H125F8N17O8. The molecule has 11 aromatic rings. The van der Waals surface area contributed by atoms with E-state index >= 15 is 8.78 Å². The van der Waals surface area contributed by atoms with Crippen LogP contribution < -0.4 is 31.5 Å². The van der Waals surface area contributed by atoms with Crippen LogP contribution in [0, 0.1) is 62.1 Å². The zero-order chi connectivity index (χ0) is 96.9. The normalized spacial score (nSPS) is 16.6. The number of fused-ring (bicyclic) bond motifs is 5. The monoisotopic (exact) mass is 1840 g/mol. The molecule has 6 aliphatic carbocycles. The third-order valence-electron chi connectivity index (χ3n) is 25.2. The molecule has 133 heavy (non-hydrogen) atoms. The van der Waals surface area contributed by atoms with E-state index in [0.717, 1.165) is 120 Å². The van der Waals surface area contributed by atoms with E-state index in [4.69, 9.17) is 0 Å². The highest BCUT2D eigenvalue weighted by molar-refractivity contribution is 5.97. The van der Waals surface area contributed by atoms with Gasteiger partial charge in [0.25, 0.3) is 0 Å². The van der Waals surface area contributed by atoms with Gasteiger partial charge in [0.05, 0.1) is 84.7 Å². The predicted octanol–water partition coefficient (Wildman–Crippen LogP) is 22.8. The summed E-state index contributed by atoms with van der Waals surface area (Å²) >= 11 is 0. The lowest BCUT2D eigenvalue weighted by atomic mass is 9.75. The third kappa shape index (κ3) is 23.0. The van der Waals surface area contributed by atoms with Crippen LogP contribution >= 0.6 is 0 Å². The summed E-state index contributed by atoms with van der Waals surface area (Å²) in [6, 6.07) is 25.2. The van der Waals surface area contributed by atoms with Crippen molar-refractivity contribution in [2.75, 3.05) is 45.6 Å². The predicted molar refractivity (Wildman–Crippen MR) is 500 cm³/mol. The van der Waals surface area contributed by atoms with Gasteiger partial charge in [0.2, 0.25) is 59.3 Å². The molecule has 0 spiro atoms. The first-order chi connectivity index (χ1) is 62.1. The first-order valence-corrected chi connectivity index (χ1v) is 46.1. The highest BCUT2D eigenvalue weighted by atomic mass is 19.4. The molecule has 714 valence electrons. The van der Waals surface area contributed by atoms with Crippen LogP contribution in [0.4, 0.5) is 70.6 Å². The zero-order valence-electron chi connectivity index (χ0n) is 79.1. The van der Waals surface area contributed by atoms with Crippen molar-refractivity contribution < 1.29 is 74.4 Å². The number of alkyl halides is 3. The lowest BCUT2D eigenvalue weighted by Crippen LogP contribution is -2.34. The van der Waals surface area contributed by atoms with Crippen molar-refractivity contribution >= 4 is 120 Å². The summed E-state index contributed by atoms with van der Waals surface area (Å²) in [4.78, 5) is 86.2. The molecule has 1 atom stereocenters. The molecule has 6 aromatic carbocycles. The summed E-state index contributed by atoms with van der Waals surface area (Å²) < 4.78 is 123. The number of nitrogens with one attached hydrogen (secondary N) is 5. The van der Waals surface area contributed by atoms with Gasteiger partial charge in [-0.1, -0.05) is 107 Å². The number of anilines is 6. The highest BCUT2D eigenvalue weighted by Crippen LogP contribution is 2.49. The number of halogens is 8. The minimum atomic E-state index is -4.62. The maximum atomic E-state index is 15.5. The van der Waals surface area contributed by atoms with Crippen LogP contribution in [0.15, 0.2) is 91.0 Å². The summed E-state index contributed by atoms with van der Waals surface area (Å²) in [5.74, 6) is -1.78. The van der Waals surface area contributed by atoms with Crippen molar-refractivity contribution in [3.63, 3.8) is 0 Å². The van der Waals surface area contributed by atoms with Crippen molar-refractivity contribution in [3.05, 3.63) is 148 Å². The summed E-state index contributed by atoms with van der Waals surface area (Å²) in [6.45, 7) is 27.8. The molecule has 17 rings (SSSR count). The fraction of sp³-hybridized carbons (Fsp3) is 0.530. The number of carbonyl (C=O) groups excluding carboxylic acids is 5. The lowest BCUT2D eigenvalue weighted by molar-refractivity contribution is -0.140. The molecule has 8 N–H and O–H groups in total. The SMILES string of the molecule is CC(C)(C)CC(=O)Nc1nc2cc(C(C)(C)O)c(C(F)(F)F)cc2n1C1CCC1.CC(C)(C)CC(=O)Nc1nc2cc(F)cc(F)c2n1C1CCC1.CC(C)(C)CC(=O)Nc1nc2ccc(C3(O)CCC3)c(F)c2n1C1CCC1.CC(O)(CC(=O)Nc1nc2ccc(C#N)cc2n1C1CCC1)c1ccccc1F.CN(C)c1ccc2nc(NC(=O)CC(C)(C)C)n(C3CCC3)c2c1F. The van der Waals surface area contributed by atoms with E-state index in [1.54, 1.807) is 56.5 Å². The number of amides is 5. The van der Waals surface area contributed by atoms with Crippen LogP contribution in [0.3, 0.4) is 0 Å². The van der Waals surface area contributed by atoms with Crippen molar-refractivity contribution in [2.24, 2.45) is 21.7 Å². The molecular weight excluding hydrogens is 1720 g/mol. The number of nitrogens with zero attached hydrogens (tertiary/aromatic N) is 12. The van der Waals surface area contributed by atoms with Crippen LogP contribution in [-0.4, -0.2) is 107 Å². The average Bonchev–Trinajstić information content (AvgIpc) is 1.62. The molecule has 6 aliphatic rings. The highest BCUT2D eigenvalue weighted by Gasteiger charge is 2.43. The summed E-state index contributed by atoms with van der Waals surface area (Å²) in [5, 5.41) is 55.0. The Kier molecular flexibility index (Phi) is 28.7. The van der Waals surface area contributed by atoms with Crippen molar-refractivity contribution in [3.8, 4) is 6.07 Å². The Hall–Kier alpha value is -11.4. The van der Waals surface area contributed by atoms with Gasteiger partial charge in [-0.3, -0.25) is 50.6 Å². The van der Waals surface area contributed by atoms with E-state index in [9.17, 15) is 70.9 Å². The molecule has 5 amide bonds. The second-order valence-electron chi connectivity index (χ2n) is 42.4. The maximum Gasteiger partial charge on any atom is 0.416 e. The number of imidazole rings is 5. The van der Waals surface area contributed by atoms with Crippen molar-refractivity contribution in [1.82, 2.24) is 47.8 Å². The first kappa shape index (κ1) is 99.1. The molecule has 0 saturated heterocycles. The topological polar surface area (TPSA) is 322 Å². The molecule has 0 radical (unpaired) electrons. The number of carbonyl (C=O) groups is 5. The number of hydrogen-bond acceptors (Lipinski definition) is 15. The minimum Gasteiger partial charge on any atom is -0.386 e. The van der Waals surface area contributed by atoms with Crippen LogP contribution in [0.1, 0.15) is 310 Å². The van der Waals surface area contributed by atoms with Crippen LogP contribution in [0.2, 0.25) is 0 Å². The van der Waals surface area contributed by atoms with Gasteiger partial charge in [0.1, 0.15) is 28.2 Å². The van der Waals surface area contributed by atoms with Gasteiger partial charge in [-0.15, -0.1) is 0 Å².